The third-order valence-corrected chi connectivity index (χ3v) is 5.28. The first-order chi connectivity index (χ1) is 13.0. The lowest BCUT2D eigenvalue weighted by Gasteiger charge is -2.19. The molecule has 2 amide bonds. The van der Waals surface area contributed by atoms with Crippen LogP contribution in [0.4, 0.5) is 0 Å². The van der Waals surface area contributed by atoms with Gasteiger partial charge < -0.3 is 14.2 Å². The molecule has 0 bridgehead atoms. The predicted octanol–water partition coefficient (Wildman–Crippen LogP) is 1.32. The lowest BCUT2D eigenvalue weighted by atomic mass is 9.81. The van der Waals surface area contributed by atoms with E-state index in [1.54, 1.807) is 12.1 Å². The van der Waals surface area contributed by atoms with Crippen LogP contribution in [0.25, 0.3) is 0 Å². The van der Waals surface area contributed by atoms with Crippen molar-refractivity contribution in [3.8, 4) is 11.5 Å². The zero-order chi connectivity index (χ0) is 19.0. The Morgan fingerprint density at radius 1 is 1.04 bits per heavy atom. The fourth-order valence-corrected chi connectivity index (χ4v) is 3.86. The fourth-order valence-electron chi connectivity index (χ4n) is 3.86. The molecule has 1 saturated heterocycles. The lowest BCUT2D eigenvalue weighted by molar-refractivity contribution is -0.152. The van der Waals surface area contributed by atoms with E-state index in [2.05, 4.69) is 0 Å². The molecule has 1 saturated carbocycles. The van der Waals surface area contributed by atoms with Gasteiger partial charge in [0, 0.05) is 5.56 Å². The van der Waals surface area contributed by atoms with Gasteiger partial charge in [0.2, 0.25) is 18.6 Å². The van der Waals surface area contributed by atoms with Gasteiger partial charge in [0.1, 0.15) is 6.54 Å². The molecule has 0 radical (unpaired) electrons. The number of amides is 2. The predicted molar refractivity (Wildman–Crippen MR) is 90.0 cm³/mol. The number of ketones is 1. The van der Waals surface area contributed by atoms with Crippen molar-refractivity contribution < 1.29 is 33.4 Å². The number of carbonyl (C=O) groups excluding carboxylic acids is 4. The summed E-state index contributed by atoms with van der Waals surface area (Å²) in [6.45, 7) is -0.817. The summed E-state index contributed by atoms with van der Waals surface area (Å²) in [5.74, 6) is -1.39. The number of imide groups is 1. The minimum Gasteiger partial charge on any atom is -0.456 e. The Balaban J connectivity index is 1.32. The first-order valence-corrected chi connectivity index (χ1v) is 8.98. The van der Waals surface area contributed by atoms with Crippen molar-refractivity contribution in [3.05, 3.63) is 23.8 Å². The van der Waals surface area contributed by atoms with Crippen LogP contribution in [-0.4, -0.2) is 48.4 Å². The molecule has 2 fully saturated rings. The average Bonchev–Trinajstić information content (AvgIpc) is 3.25. The number of rotatable bonds is 5. The quantitative estimate of drug-likeness (QED) is 0.436. The van der Waals surface area contributed by atoms with Crippen LogP contribution in [0, 0.1) is 11.8 Å². The number of hydrogen-bond acceptors (Lipinski definition) is 7. The van der Waals surface area contributed by atoms with Gasteiger partial charge in [0.25, 0.3) is 0 Å². The summed E-state index contributed by atoms with van der Waals surface area (Å²) in [4.78, 5) is 49.9. The molecule has 0 aromatic heterocycles. The third kappa shape index (κ3) is 3.27. The summed E-state index contributed by atoms with van der Waals surface area (Å²) >= 11 is 0. The van der Waals surface area contributed by atoms with Crippen molar-refractivity contribution in [3.63, 3.8) is 0 Å². The van der Waals surface area contributed by atoms with Gasteiger partial charge in [0.05, 0.1) is 11.8 Å². The van der Waals surface area contributed by atoms with Crippen LogP contribution in [0.1, 0.15) is 36.0 Å². The molecule has 2 heterocycles. The number of likely N-dealkylation sites (tertiary alicyclic amines) is 1. The summed E-state index contributed by atoms with van der Waals surface area (Å²) in [5.41, 5.74) is 0.325. The van der Waals surface area contributed by atoms with Gasteiger partial charge in [-0.3, -0.25) is 24.1 Å². The van der Waals surface area contributed by atoms with Crippen molar-refractivity contribution in [1.82, 2.24) is 4.90 Å². The Kier molecular flexibility index (Phi) is 4.55. The maximum atomic E-state index is 12.4. The van der Waals surface area contributed by atoms with Crippen LogP contribution in [0.3, 0.4) is 0 Å². The van der Waals surface area contributed by atoms with E-state index in [-0.39, 0.29) is 30.4 Å². The van der Waals surface area contributed by atoms with Crippen LogP contribution in [0.2, 0.25) is 0 Å². The number of ether oxygens (including phenoxy) is 3. The smallest absolute Gasteiger partial charge is 0.326 e. The van der Waals surface area contributed by atoms with Crippen molar-refractivity contribution in [2.45, 2.75) is 25.7 Å². The Morgan fingerprint density at radius 2 is 1.70 bits per heavy atom. The van der Waals surface area contributed by atoms with E-state index in [1.165, 1.54) is 6.07 Å². The molecule has 2 aliphatic heterocycles. The van der Waals surface area contributed by atoms with Crippen LogP contribution in [0.5, 0.6) is 11.5 Å². The molecule has 4 rings (SSSR count). The molecule has 0 unspecified atom stereocenters. The first-order valence-electron chi connectivity index (χ1n) is 8.98. The van der Waals surface area contributed by atoms with Gasteiger partial charge in [-0.2, -0.15) is 0 Å². The Hall–Kier alpha value is -2.90. The van der Waals surface area contributed by atoms with E-state index in [4.69, 9.17) is 14.2 Å². The maximum Gasteiger partial charge on any atom is 0.326 e. The Bertz CT molecular complexity index is 794. The van der Waals surface area contributed by atoms with E-state index in [9.17, 15) is 19.2 Å². The van der Waals surface area contributed by atoms with Crippen LogP contribution >= 0.6 is 0 Å². The number of esters is 1. The molecule has 1 aromatic carbocycles. The molecule has 0 N–H and O–H groups in total. The molecule has 1 aromatic rings. The van der Waals surface area contributed by atoms with Crippen LogP contribution in [-0.2, 0) is 19.1 Å². The number of fused-ring (bicyclic) bond motifs is 2. The molecule has 2 atom stereocenters. The second kappa shape index (κ2) is 7.02. The molecular formula is C19H19NO7. The van der Waals surface area contributed by atoms with E-state index >= 15 is 0 Å². The summed E-state index contributed by atoms with van der Waals surface area (Å²) < 4.78 is 15.4. The zero-order valence-corrected chi connectivity index (χ0v) is 14.6. The second-order valence-corrected chi connectivity index (χ2v) is 6.91. The van der Waals surface area contributed by atoms with E-state index < -0.39 is 24.9 Å². The Morgan fingerprint density at radius 3 is 2.41 bits per heavy atom. The van der Waals surface area contributed by atoms with Crippen LogP contribution in [0.15, 0.2) is 18.2 Å². The lowest BCUT2D eigenvalue weighted by Crippen LogP contribution is -2.37. The minimum absolute atomic E-state index is 0.0991. The zero-order valence-electron chi connectivity index (χ0n) is 14.6. The molecule has 8 nitrogen and oxygen atoms in total. The number of hydrogen-bond donors (Lipinski definition) is 0. The highest BCUT2D eigenvalue weighted by atomic mass is 16.7. The summed E-state index contributed by atoms with van der Waals surface area (Å²) in [6, 6.07) is 4.69. The number of carbonyl (C=O) groups is 4. The second-order valence-electron chi connectivity index (χ2n) is 6.91. The van der Waals surface area contributed by atoms with E-state index in [0.717, 1.165) is 17.7 Å². The number of nitrogens with zero attached hydrogens (tertiary/aromatic N) is 1. The highest BCUT2D eigenvalue weighted by Gasteiger charge is 2.48. The van der Waals surface area contributed by atoms with Gasteiger partial charge in [-0.05, 0) is 31.0 Å². The number of Topliss-reactive ketones (excluding diaryl/α,β-unsaturated/α-hetero) is 1. The van der Waals surface area contributed by atoms with Crippen molar-refractivity contribution >= 4 is 23.6 Å². The SMILES string of the molecule is O=C(CN1C(=O)[C@H]2CCCC[C@@H]2C1=O)OCC(=O)c1ccc2c(c1)OCO2. The van der Waals surface area contributed by atoms with Crippen molar-refractivity contribution in [2.24, 2.45) is 11.8 Å². The topological polar surface area (TPSA) is 99.2 Å². The molecule has 8 heteroatoms. The maximum absolute atomic E-state index is 12.4. The molecule has 1 aliphatic carbocycles. The monoisotopic (exact) mass is 373 g/mol. The largest absolute Gasteiger partial charge is 0.456 e. The van der Waals surface area contributed by atoms with Gasteiger partial charge in [-0.1, -0.05) is 12.8 Å². The normalized spacial score (nSPS) is 23.3. The van der Waals surface area contributed by atoms with Gasteiger partial charge in [-0.25, -0.2) is 0 Å². The van der Waals surface area contributed by atoms with Crippen LogP contribution < -0.4 is 9.47 Å². The van der Waals surface area contributed by atoms with E-state index in [1.807, 2.05) is 0 Å². The average molecular weight is 373 g/mol. The summed E-state index contributed by atoms with van der Waals surface area (Å²) in [7, 11) is 0. The van der Waals surface area contributed by atoms with E-state index in [0.29, 0.717) is 29.9 Å². The third-order valence-electron chi connectivity index (χ3n) is 5.28. The fraction of sp³-hybridized carbons (Fsp3) is 0.474. The molecule has 3 aliphatic rings. The highest BCUT2D eigenvalue weighted by Crippen LogP contribution is 2.38. The molecule has 142 valence electrons. The van der Waals surface area contributed by atoms with Gasteiger partial charge >= 0.3 is 5.97 Å². The Labute approximate surface area is 155 Å². The molecule has 27 heavy (non-hydrogen) atoms. The minimum atomic E-state index is -0.774. The van der Waals surface area contributed by atoms with Gasteiger partial charge in [0.15, 0.2) is 23.9 Å². The molecular weight excluding hydrogens is 354 g/mol. The van der Waals surface area contributed by atoms with Gasteiger partial charge in [-0.15, -0.1) is 0 Å². The highest BCUT2D eigenvalue weighted by molar-refractivity contribution is 6.07. The number of benzene rings is 1. The van der Waals surface area contributed by atoms with Crippen molar-refractivity contribution in [2.75, 3.05) is 19.9 Å². The summed E-state index contributed by atoms with van der Waals surface area (Å²) in [6.07, 6.45) is 3.21. The molecule has 0 spiro atoms. The van der Waals surface area contributed by atoms with Crippen molar-refractivity contribution in [1.29, 1.82) is 0 Å². The standard InChI is InChI=1S/C19H19NO7/c21-14(11-5-6-15-16(7-11)27-10-26-15)9-25-17(22)8-20-18(23)12-3-1-2-4-13(12)19(20)24/h5-7,12-13H,1-4,8-10H2/t12-,13-/m0/s1. The first kappa shape index (κ1) is 17.5. The summed E-state index contributed by atoms with van der Waals surface area (Å²) in [5, 5.41) is 0.